The zero-order valence-corrected chi connectivity index (χ0v) is 13.2. The summed E-state index contributed by atoms with van der Waals surface area (Å²) < 4.78 is 22.6. The predicted molar refractivity (Wildman–Crippen MR) is 76.6 cm³/mol. The predicted octanol–water partition coefficient (Wildman–Crippen LogP) is 1.13. The van der Waals surface area contributed by atoms with E-state index in [4.69, 9.17) is 0 Å². The van der Waals surface area contributed by atoms with E-state index in [1.807, 2.05) is 0 Å². The first-order valence-electron chi connectivity index (χ1n) is 6.76. The van der Waals surface area contributed by atoms with Crippen LogP contribution in [0, 0.1) is 5.92 Å². The van der Waals surface area contributed by atoms with Gasteiger partial charge in [0.1, 0.15) is 9.84 Å². The Bertz CT molecular complexity index is 363. The lowest BCUT2D eigenvalue weighted by Gasteiger charge is -2.45. The molecule has 18 heavy (non-hydrogen) atoms. The lowest BCUT2D eigenvalue weighted by molar-refractivity contribution is 0.0888. The van der Waals surface area contributed by atoms with Gasteiger partial charge in [-0.2, -0.15) is 0 Å². The highest BCUT2D eigenvalue weighted by atomic mass is 32.2. The Hall–Kier alpha value is -0.130. The first kappa shape index (κ1) is 15.9. The molecule has 1 fully saturated rings. The summed E-state index contributed by atoms with van der Waals surface area (Å²) in [7, 11) is -2.87. The molecule has 1 unspecified atom stereocenters. The van der Waals surface area contributed by atoms with Crippen LogP contribution in [-0.2, 0) is 9.84 Å². The largest absolute Gasteiger partial charge is 0.309 e. The van der Waals surface area contributed by atoms with Gasteiger partial charge in [-0.25, -0.2) is 8.42 Å². The third-order valence-electron chi connectivity index (χ3n) is 3.42. The van der Waals surface area contributed by atoms with Gasteiger partial charge in [0.15, 0.2) is 0 Å². The standard InChI is InChI=1S/C13H28N2O2S/c1-11(2)8-12-9-14-13(3,4)10-15(12)6-7-18(5,16)17/h11-12,14H,6-10H2,1-5H3. The van der Waals surface area contributed by atoms with E-state index in [9.17, 15) is 8.42 Å². The van der Waals surface area contributed by atoms with Gasteiger partial charge in [-0.1, -0.05) is 13.8 Å². The molecule has 0 saturated carbocycles. The number of piperazine rings is 1. The summed E-state index contributed by atoms with van der Waals surface area (Å²) >= 11 is 0. The molecule has 1 rings (SSSR count). The van der Waals surface area contributed by atoms with Crippen LogP contribution in [0.1, 0.15) is 34.1 Å². The van der Waals surface area contributed by atoms with Crippen molar-refractivity contribution in [2.75, 3.05) is 31.6 Å². The zero-order valence-electron chi connectivity index (χ0n) is 12.4. The van der Waals surface area contributed by atoms with Gasteiger partial charge < -0.3 is 5.32 Å². The molecule has 4 nitrogen and oxygen atoms in total. The molecule has 0 aromatic heterocycles. The summed E-state index contributed by atoms with van der Waals surface area (Å²) in [6.45, 7) is 11.3. The maximum atomic E-state index is 11.3. The van der Waals surface area contributed by atoms with Gasteiger partial charge in [-0.15, -0.1) is 0 Å². The quantitative estimate of drug-likeness (QED) is 0.818. The third kappa shape index (κ3) is 5.67. The SMILES string of the molecule is CC(C)CC1CNC(C)(C)CN1CCS(C)(=O)=O. The fraction of sp³-hybridized carbons (Fsp3) is 1.00. The Kier molecular flexibility index (Phi) is 5.21. The summed E-state index contributed by atoms with van der Waals surface area (Å²) in [5.74, 6) is 0.899. The van der Waals surface area contributed by atoms with Crippen molar-refractivity contribution < 1.29 is 8.42 Å². The third-order valence-corrected chi connectivity index (χ3v) is 4.35. The smallest absolute Gasteiger partial charge is 0.148 e. The summed E-state index contributed by atoms with van der Waals surface area (Å²) in [5.41, 5.74) is 0.0744. The zero-order chi connectivity index (χ0) is 14.0. The van der Waals surface area contributed by atoms with E-state index in [1.165, 1.54) is 6.26 Å². The Morgan fingerprint density at radius 2 is 2.00 bits per heavy atom. The van der Waals surface area contributed by atoms with Crippen LogP contribution < -0.4 is 5.32 Å². The Balaban J connectivity index is 2.65. The van der Waals surface area contributed by atoms with Crippen molar-refractivity contribution in [3.8, 4) is 0 Å². The van der Waals surface area contributed by atoms with Crippen molar-refractivity contribution in [3.05, 3.63) is 0 Å². The molecular weight excluding hydrogens is 248 g/mol. The minimum Gasteiger partial charge on any atom is -0.309 e. The molecule has 5 heteroatoms. The number of sulfone groups is 1. The first-order valence-corrected chi connectivity index (χ1v) is 8.82. The minimum atomic E-state index is -2.87. The highest BCUT2D eigenvalue weighted by molar-refractivity contribution is 7.90. The fourth-order valence-corrected chi connectivity index (χ4v) is 3.10. The molecule has 1 aliphatic heterocycles. The molecule has 1 saturated heterocycles. The molecule has 0 bridgehead atoms. The molecule has 0 aliphatic carbocycles. The second-order valence-electron chi connectivity index (χ2n) is 6.65. The van der Waals surface area contributed by atoms with Gasteiger partial charge >= 0.3 is 0 Å². The van der Waals surface area contributed by atoms with Crippen molar-refractivity contribution in [3.63, 3.8) is 0 Å². The van der Waals surface area contributed by atoms with Gasteiger partial charge in [0.25, 0.3) is 0 Å². The van der Waals surface area contributed by atoms with Crippen molar-refractivity contribution in [1.82, 2.24) is 10.2 Å². The molecule has 1 heterocycles. The monoisotopic (exact) mass is 276 g/mol. The number of rotatable bonds is 5. The van der Waals surface area contributed by atoms with Crippen LogP contribution in [0.3, 0.4) is 0 Å². The van der Waals surface area contributed by atoms with Crippen LogP contribution in [0.15, 0.2) is 0 Å². The van der Waals surface area contributed by atoms with Crippen molar-refractivity contribution in [2.24, 2.45) is 5.92 Å². The average molecular weight is 276 g/mol. The first-order chi connectivity index (χ1) is 8.09. The van der Waals surface area contributed by atoms with Crippen LogP contribution in [0.25, 0.3) is 0 Å². The van der Waals surface area contributed by atoms with E-state index in [-0.39, 0.29) is 11.3 Å². The van der Waals surface area contributed by atoms with E-state index in [1.54, 1.807) is 0 Å². The summed E-state index contributed by atoms with van der Waals surface area (Å²) in [6, 6.07) is 0.458. The number of hydrogen-bond donors (Lipinski definition) is 1. The van der Waals surface area contributed by atoms with Gasteiger partial charge in [-0.3, -0.25) is 4.90 Å². The highest BCUT2D eigenvalue weighted by Crippen LogP contribution is 2.19. The lowest BCUT2D eigenvalue weighted by Crippen LogP contribution is -2.62. The van der Waals surface area contributed by atoms with Gasteiger partial charge in [0.05, 0.1) is 5.75 Å². The Morgan fingerprint density at radius 3 is 2.50 bits per heavy atom. The highest BCUT2D eigenvalue weighted by Gasteiger charge is 2.32. The maximum Gasteiger partial charge on any atom is 0.148 e. The molecule has 1 aliphatic rings. The van der Waals surface area contributed by atoms with E-state index >= 15 is 0 Å². The van der Waals surface area contributed by atoms with E-state index < -0.39 is 9.84 Å². The molecule has 0 aromatic rings. The van der Waals surface area contributed by atoms with Gasteiger partial charge in [0, 0.05) is 37.5 Å². The normalized spacial score (nSPS) is 25.6. The van der Waals surface area contributed by atoms with Crippen molar-refractivity contribution in [2.45, 2.75) is 45.7 Å². The molecule has 0 amide bonds. The number of hydrogen-bond acceptors (Lipinski definition) is 4. The summed E-state index contributed by atoms with van der Waals surface area (Å²) in [4.78, 5) is 2.34. The van der Waals surface area contributed by atoms with Gasteiger partial charge in [-0.05, 0) is 26.2 Å². The number of nitrogens with zero attached hydrogens (tertiary/aromatic N) is 1. The van der Waals surface area contributed by atoms with E-state index in [2.05, 4.69) is 37.9 Å². The molecule has 108 valence electrons. The molecule has 1 N–H and O–H groups in total. The minimum absolute atomic E-state index is 0.0744. The Morgan fingerprint density at radius 1 is 1.39 bits per heavy atom. The molecular formula is C13H28N2O2S. The van der Waals surface area contributed by atoms with Crippen molar-refractivity contribution in [1.29, 1.82) is 0 Å². The maximum absolute atomic E-state index is 11.3. The van der Waals surface area contributed by atoms with E-state index in [0.717, 1.165) is 19.5 Å². The topological polar surface area (TPSA) is 49.4 Å². The lowest BCUT2D eigenvalue weighted by atomic mass is 9.94. The summed E-state index contributed by atoms with van der Waals surface area (Å²) in [6.07, 6.45) is 2.44. The van der Waals surface area contributed by atoms with Gasteiger partial charge in [0.2, 0.25) is 0 Å². The van der Waals surface area contributed by atoms with Crippen molar-refractivity contribution >= 4 is 9.84 Å². The molecule has 1 atom stereocenters. The van der Waals surface area contributed by atoms with Crippen LogP contribution >= 0.6 is 0 Å². The molecule has 0 radical (unpaired) electrons. The van der Waals surface area contributed by atoms with E-state index in [0.29, 0.717) is 18.5 Å². The second kappa shape index (κ2) is 5.88. The summed E-state index contributed by atoms with van der Waals surface area (Å²) in [5, 5.41) is 3.55. The molecule has 0 aromatic carbocycles. The Labute approximate surface area is 112 Å². The second-order valence-corrected chi connectivity index (χ2v) is 8.91. The van der Waals surface area contributed by atoms with Crippen LogP contribution in [0.5, 0.6) is 0 Å². The van der Waals surface area contributed by atoms with Crippen LogP contribution in [0.2, 0.25) is 0 Å². The van der Waals surface area contributed by atoms with Crippen LogP contribution in [0.4, 0.5) is 0 Å². The fourth-order valence-electron chi connectivity index (χ4n) is 2.54. The average Bonchev–Trinajstić information content (AvgIpc) is 2.16. The van der Waals surface area contributed by atoms with Crippen LogP contribution in [-0.4, -0.2) is 56.5 Å². The number of nitrogens with one attached hydrogen (secondary N) is 1. The molecule has 0 spiro atoms.